The van der Waals surface area contributed by atoms with E-state index in [-0.39, 0.29) is 5.41 Å². The molecule has 0 spiro atoms. The highest BCUT2D eigenvalue weighted by atomic mass is 16.4. The first-order valence-corrected chi connectivity index (χ1v) is 7.38. The van der Waals surface area contributed by atoms with Gasteiger partial charge in [0.2, 0.25) is 5.89 Å². The van der Waals surface area contributed by atoms with Gasteiger partial charge in [-0.1, -0.05) is 33.6 Å². The first-order chi connectivity index (χ1) is 9.49. The number of hydrogen-bond donors (Lipinski definition) is 2. The molecule has 0 aliphatic heterocycles. The molecule has 20 heavy (non-hydrogen) atoms. The van der Waals surface area contributed by atoms with Crippen molar-refractivity contribution < 1.29 is 4.42 Å². The molecule has 1 aliphatic rings. The number of nitrogens with zero attached hydrogens (tertiary/aromatic N) is 2. The zero-order chi connectivity index (χ0) is 14.6. The molecule has 2 N–H and O–H groups in total. The van der Waals surface area contributed by atoms with E-state index in [2.05, 4.69) is 41.4 Å². The highest BCUT2D eigenvalue weighted by molar-refractivity contribution is 5.79. The van der Waals surface area contributed by atoms with Gasteiger partial charge in [0.25, 0.3) is 0 Å². The van der Waals surface area contributed by atoms with Gasteiger partial charge in [-0.05, 0) is 12.3 Å². The van der Waals surface area contributed by atoms with Gasteiger partial charge in [0.1, 0.15) is 5.76 Å². The molecule has 0 bridgehead atoms. The zero-order valence-corrected chi connectivity index (χ0v) is 13.0. The van der Waals surface area contributed by atoms with Crippen LogP contribution in [0.1, 0.15) is 51.7 Å². The molecule has 1 aromatic heterocycles. The summed E-state index contributed by atoms with van der Waals surface area (Å²) in [5.74, 6) is 3.34. The molecule has 0 saturated heterocycles. The van der Waals surface area contributed by atoms with Crippen LogP contribution in [-0.2, 0) is 12.0 Å². The van der Waals surface area contributed by atoms with Crippen molar-refractivity contribution in [1.29, 1.82) is 0 Å². The summed E-state index contributed by atoms with van der Waals surface area (Å²) in [7, 11) is 1.78. The minimum Gasteiger partial charge on any atom is -0.443 e. The second-order valence-electron chi connectivity index (χ2n) is 6.45. The van der Waals surface area contributed by atoms with Gasteiger partial charge < -0.3 is 15.1 Å². The summed E-state index contributed by atoms with van der Waals surface area (Å²) in [4.78, 5) is 8.50. The van der Waals surface area contributed by atoms with Crippen LogP contribution in [0.15, 0.2) is 15.6 Å². The Morgan fingerprint density at radius 2 is 2.15 bits per heavy atom. The molecule has 0 amide bonds. The molecule has 0 atom stereocenters. The molecule has 5 nitrogen and oxygen atoms in total. The number of rotatable bonds is 5. The van der Waals surface area contributed by atoms with Gasteiger partial charge in [0.05, 0.1) is 12.7 Å². The Labute approximate surface area is 121 Å². The zero-order valence-electron chi connectivity index (χ0n) is 13.0. The standard InChI is InChI=1S/C15H26N4O/c1-15(2,3)12-9-18-13(20-12)10-19-14(16-4)17-8-7-11-5-6-11/h9,11H,5-8,10H2,1-4H3,(H2,16,17,19). The van der Waals surface area contributed by atoms with Gasteiger partial charge in [-0.25, -0.2) is 4.98 Å². The minimum atomic E-state index is -0.00452. The highest BCUT2D eigenvalue weighted by Crippen LogP contribution is 2.31. The fourth-order valence-corrected chi connectivity index (χ4v) is 1.92. The van der Waals surface area contributed by atoms with E-state index in [1.165, 1.54) is 19.3 Å². The molecule has 0 unspecified atom stereocenters. The van der Waals surface area contributed by atoms with Crippen LogP contribution in [0.25, 0.3) is 0 Å². The largest absolute Gasteiger partial charge is 0.443 e. The van der Waals surface area contributed by atoms with Crippen molar-refractivity contribution in [2.24, 2.45) is 10.9 Å². The second kappa shape index (κ2) is 6.29. The third-order valence-electron chi connectivity index (χ3n) is 3.47. The van der Waals surface area contributed by atoms with E-state index in [9.17, 15) is 0 Å². The number of aliphatic imine (C=N–C) groups is 1. The fraction of sp³-hybridized carbons (Fsp3) is 0.733. The molecule has 1 saturated carbocycles. The number of guanidine groups is 1. The number of aromatic nitrogens is 1. The maximum atomic E-state index is 5.74. The molecule has 1 fully saturated rings. The number of nitrogens with one attached hydrogen (secondary N) is 2. The quantitative estimate of drug-likeness (QED) is 0.641. The molecule has 1 heterocycles. The first kappa shape index (κ1) is 14.9. The average molecular weight is 278 g/mol. The lowest BCUT2D eigenvalue weighted by Gasteiger charge is -2.13. The van der Waals surface area contributed by atoms with Gasteiger partial charge in [-0.2, -0.15) is 0 Å². The van der Waals surface area contributed by atoms with Crippen LogP contribution in [0, 0.1) is 5.92 Å². The van der Waals surface area contributed by atoms with Crippen LogP contribution in [0.5, 0.6) is 0 Å². The summed E-state index contributed by atoms with van der Waals surface area (Å²) >= 11 is 0. The molecule has 0 radical (unpaired) electrons. The molecule has 2 rings (SSSR count). The Bertz CT molecular complexity index is 455. The van der Waals surface area contributed by atoms with Crippen molar-refractivity contribution in [1.82, 2.24) is 15.6 Å². The van der Waals surface area contributed by atoms with Crippen molar-refractivity contribution in [3.05, 3.63) is 17.8 Å². The third-order valence-corrected chi connectivity index (χ3v) is 3.47. The highest BCUT2D eigenvalue weighted by Gasteiger charge is 2.21. The smallest absolute Gasteiger partial charge is 0.213 e. The average Bonchev–Trinajstić information content (AvgIpc) is 3.07. The lowest BCUT2D eigenvalue weighted by atomic mass is 9.94. The van der Waals surface area contributed by atoms with Crippen molar-refractivity contribution in [3.63, 3.8) is 0 Å². The summed E-state index contributed by atoms with van der Waals surface area (Å²) < 4.78 is 5.74. The van der Waals surface area contributed by atoms with E-state index in [0.29, 0.717) is 12.4 Å². The van der Waals surface area contributed by atoms with E-state index in [0.717, 1.165) is 24.2 Å². The molecule has 1 aromatic rings. The maximum absolute atomic E-state index is 5.74. The van der Waals surface area contributed by atoms with Crippen molar-refractivity contribution in [3.8, 4) is 0 Å². The number of hydrogen-bond acceptors (Lipinski definition) is 3. The number of oxazole rings is 1. The van der Waals surface area contributed by atoms with Crippen LogP contribution >= 0.6 is 0 Å². The summed E-state index contributed by atoms with van der Waals surface area (Å²) in [5, 5.41) is 6.54. The fourth-order valence-electron chi connectivity index (χ4n) is 1.92. The lowest BCUT2D eigenvalue weighted by Crippen LogP contribution is -2.37. The summed E-state index contributed by atoms with van der Waals surface area (Å²) in [6, 6.07) is 0. The molecule has 5 heteroatoms. The van der Waals surface area contributed by atoms with Crippen LogP contribution in [-0.4, -0.2) is 24.5 Å². The molecule has 112 valence electrons. The molecule has 0 aromatic carbocycles. The SMILES string of the molecule is CN=C(NCCC1CC1)NCc1ncc(C(C)(C)C)o1. The Morgan fingerprint density at radius 1 is 1.40 bits per heavy atom. The monoisotopic (exact) mass is 278 g/mol. The van der Waals surface area contributed by atoms with Crippen LogP contribution in [0.4, 0.5) is 0 Å². The Kier molecular flexibility index (Phi) is 4.68. The van der Waals surface area contributed by atoms with Gasteiger partial charge in [-0.3, -0.25) is 4.99 Å². The Morgan fingerprint density at radius 3 is 2.70 bits per heavy atom. The maximum Gasteiger partial charge on any atom is 0.213 e. The second-order valence-corrected chi connectivity index (χ2v) is 6.45. The molecular weight excluding hydrogens is 252 g/mol. The first-order valence-electron chi connectivity index (χ1n) is 7.38. The van der Waals surface area contributed by atoms with Crippen molar-refractivity contribution in [2.75, 3.05) is 13.6 Å². The van der Waals surface area contributed by atoms with Gasteiger partial charge in [-0.15, -0.1) is 0 Å². The summed E-state index contributed by atoms with van der Waals surface area (Å²) in [5.41, 5.74) is -0.00452. The van der Waals surface area contributed by atoms with Crippen LogP contribution in [0.3, 0.4) is 0 Å². The lowest BCUT2D eigenvalue weighted by molar-refractivity contribution is 0.379. The van der Waals surface area contributed by atoms with Crippen molar-refractivity contribution >= 4 is 5.96 Å². The van der Waals surface area contributed by atoms with E-state index in [1.807, 2.05) is 0 Å². The van der Waals surface area contributed by atoms with Gasteiger partial charge >= 0.3 is 0 Å². The van der Waals surface area contributed by atoms with Crippen LogP contribution in [0.2, 0.25) is 0 Å². The van der Waals surface area contributed by atoms with E-state index in [1.54, 1.807) is 13.2 Å². The predicted octanol–water partition coefficient (Wildman–Crippen LogP) is 2.44. The topological polar surface area (TPSA) is 62.5 Å². The normalized spacial score (nSPS) is 16.3. The summed E-state index contributed by atoms with van der Waals surface area (Å²) in [6.07, 6.45) is 5.81. The van der Waals surface area contributed by atoms with Crippen LogP contribution < -0.4 is 10.6 Å². The molecule has 1 aliphatic carbocycles. The van der Waals surface area contributed by atoms with E-state index >= 15 is 0 Å². The van der Waals surface area contributed by atoms with Gasteiger partial charge in [0, 0.05) is 19.0 Å². The Hall–Kier alpha value is -1.52. The third kappa shape index (κ3) is 4.54. The summed E-state index contributed by atoms with van der Waals surface area (Å²) in [6.45, 7) is 7.87. The minimum absolute atomic E-state index is 0.00452. The van der Waals surface area contributed by atoms with E-state index in [4.69, 9.17) is 4.42 Å². The van der Waals surface area contributed by atoms with E-state index < -0.39 is 0 Å². The van der Waals surface area contributed by atoms with Crippen molar-refractivity contribution in [2.45, 2.75) is 52.0 Å². The molecular formula is C15H26N4O. The predicted molar refractivity (Wildman–Crippen MR) is 80.7 cm³/mol. The van der Waals surface area contributed by atoms with Gasteiger partial charge in [0.15, 0.2) is 5.96 Å². The Balaban J connectivity index is 1.75.